The first-order valence-corrected chi connectivity index (χ1v) is 8.72. The Kier molecular flexibility index (Phi) is 4.19. The van der Waals surface area contributed by atoms with E-state index in [0.29, 0.717) is 6.54 Å². The summed E-state index contributed by atoms with van der Waals surface area (Å²) in [5, 5.41) is 9.02. The molecular formula is C19H16BrN5. The molecule has 6 heteroatoms. The van der Waals surface area contributed by atoms with Crippen LogP contribution in [0.1, 0.15) is 5.56 Å². The summed E-state index contributed by atoms with van der Waals surface area (Å²) in [5.74, 6) is 0.814. The maximum atomic E-state index is 4.61. The highest BCUT2D eigenvalue weighted by Crippen LogP contribution is 2.26. The number of nitrogens with one attached hydrogen (secondary N) is 1. The van der Waals surface area contributed by atoms with E-state index in [9.17, 15) is 0 Å². The predicted molar refractivity (Wildman–Crippen MR) is 103 cm³/mol. The molecule has 0 saturated heterocycles. The summed E-state index contributed by atoms with van der Waals surface area (Å²) < 4.78 is 2.85. The smallest absolute Gasteiger partial charge is 0.137 e. The molecule has 0 spiro atoms. The zero-order chi connectivity index (χ0) is 17.2. The summed E-state index contributed by atoms with van der Waals surface area (Å²) in [6.45, 7) is 0.636. The predicted octanol–water partition coefficient (Wildman–Crippen LogP) is 4.40. The summed E-state index contributed by atoms with van der Waals surface area (Å²) in [6, 6.07) is 16.2. The molecule has 2 heterocycles. The first-order chi connectivity index (χ1) is 12.2. The second-order valence-corrected chi connectivity index (χ2v) is 6.70. The lowest BCUT2D eigenvalue weighted by Gasteiger charge is -2.09. The molecule has 0 aliphatic carbocycles. The molecule has 0 bridgehead atoms. The van der Waals surface area contributed by atoms with Gasteiger partial charge in [-0.3, -0.25) is 4.68 Å². The van der Waals surface area contributed by atoms with Gasteiger partial charge < -0.3 is 5.32 Å². The normalized spacial score (nSPS) is 11.0. The van der Waals surface area contributed by atoms with Crippen molar-refractivity contribution >= 4 is 32.7 Å². The lowest BCUT2D eigenvalue weighted by atomic mass is 10.1. The Morgan fingerprint density at radius 1 is 1.08 bits per heavy atom. The molecule has 2 aromatic heterocycles. The third-order valence-electron chi connectivity index (χ3n) is 4.00. The standard InChI is InChI=1S/C19H16BrN5/c1-25-11-14(18(24-25)13-5-3-2-4-6-13)10-21-19-16-9-15(20)7-8-17(16)22-12-23-19/h2-9,11-12H,10H2,1H3,(H,21,22,23). The van der Waals surface area contributed by atoms with Gasteiger partial charge in [-0.25, -0.2) is 9.97 Å². The average Bonchev–Trinajstić information content (AvgIpc) is 3.01. The van der Waals surface area contributed by atoms with Crippen LogP contribution in [0.3, 0.4) is 0 Å². The minimum absolute atomic E-state index is 0.636. The molecule has 2 aromatic carbocycles. The van der Waals surface area contributed by atoms with Gasteiger partial charge in [-0.2, -0.15) is 5.10 Å². The van der Waals surface area contributed by atoms with Gasteiger partial charge in [0.1, 0.15) is 12.1 Å². The fraction of sp³-hybridized carbons (Fsp3) is 0.105. The Hall–Kier alpha value is -2.73. The van der Waals surface area contributed by atoms with Gasteiger partial charge in [-0.1, -0.05) is 46.3 Å². The molecule has 4 aromatic rings. The molecule has 124 valence electrons. The third kappa shape index (κ3) is 3.25. The fourth-order valence-corrected chi connectivity index (χ4v) is 3.22. The zero-order valence-corrected chi connectivity index (χ0v) is 15.2. The van der Waals surface area contributed by atoms with Gasteiger partial charge >= 0.3 is 0 Å². The van der Waals surface area contributed by atoms with Crippen LogP contribution in [0.5, 0.6) is 0 Å². The second kappa shape index (κ2) is 6.64. The van der Waals surface area contributed by atoms with Crippen molar-refractivity contribution in [3.8, 4) is 11.3 Å². The van der Waals surface area contributed by atoms with Crippen LogP contribution in [0, 0.1) is 0 Å². The minimum atomic E-state index is 0.636. The molecular weight excluding hydrogens is 378 g/mol. The number of aromatic nitrogens is 4. The summed E-state index contributed by atoms with van der Waals surface area (Å²) in [5.41, 5.74) is 4.12. The quantitative estimate of drug-likeness (QED) is 0.557. The molecule has 0 unspecified atom stereocenters. The number of benzene rings is 2. The van der Waals surface area contributed by atoms with E-state index in [2.05, 4.69) is 48.4 Å². The van der Waals surface area contributed by atoms with Crippen LogP contribution in [0.2, 0.25) is 0 Å². The molecule has 1 N–H and O–H groups in total. The van der Waals surface area contributed by atoms with Crippen LogP contribution >= 0.6 is 15.9 Å². The molecule has 25 heavy (non-hydrogen) atoms. The van der Waals surface area contributed by atoms with Crippen molar-refractivity contribution in [2.45, 2.75) is 6.54 Å². The number of hydrogen-bond donors (Lipinski definition) is 1. The lowest BCUT2D eigenvalue weighted by Crippen LogP contribution is -2.03. The molecule has 0 radical (unpaired) electrons. The van der Waals surface area contributed by atoms with Gasteiger partial charge in [0.2, 0.25) is 0 Å². The van der Waals surface area contributed by atoms with Gasteiger partial charge in [0.25, 0.3) is 0 Å². The summed E-state index contributed by atoms with van der Waals surface area (Å²) in [6.07, 6.45) is 3.62. The topological polar surface area (TPSA) is 55.6 Å². The first-order valence-electron chi connectivity index (χ1n) is 7.93. The Balaban J connectivity index is 1.66. The maximum absolute atomic E-state index is 4.61. The highest BCUT2D eigenvalue weighted by Gasteiger charge is 2.11. The molecule has 4 rings (SSSR count). The SMILES string of the molecule is Cn1cc(CNc2ncnc3ccc(Br)cc23)c(-c2ccccc2)n1. The first kappa shape index (κ1) is 15.8. The number of hydrogen-bond acceptors (Lipinski definition) is 4. The maximum Gasteiger partial charge on any atom is 0.137 e. The molecule has 0 aliphatic rings. The molecule has 5 nitrogen and oxygen atoms in total. The molecule has 0 fully saturated rings. The van der Waals surface area contributed by atoms with Crippen molar-refractivity contribution in [2.24, 2.45) is 7.05 Å². The van der Waals surface area contributed by atoms with Gasteiger partial charge in [-0.05, 0) is 18.2 Å². The molecule has 0 atom stereocenters. The van der Waals surface area contributed by atoms with Crippen molar-refractivity contribution in [1.82, 2.24) is 19.7 Å². The van der Waals surface area contributed by atoms with Gasteiger partial charge in [-0.15, -0.1) is 0 Å². The Labute approximate surface area is 153 Å². The Morgan fingerprint density at radius 2 is 1.92 bits per heavy atom. The number of aryl methyl sites for hydroxylation is 1. The highest BCUT2D eigenvalue weighted by atomic mass is 79.9. The van der Waals surface area contributed by atoms with Crippen LogP contribution in [0.4, 0.5) is 5.82 Å². The largest absolute Gasteiger partial charge is 0.365 e. The second-order valence-electron chi connectivity index (χ2n) is 5.78. The van der Waals surface area contributed by atoms with E-state index in [4.69, 9.17) is 0 Å². The number of halogens is 1. The van der Waals surface area contributed by atoms with E-state index in [1.165, 1.54) is 0 Å². The molecule has 0 amide bonds. The third-order valence-corrected chi connectivity index (χ3v) is 4.49. The van der Waals surface area contributed by atoms with E-state index in [1.54, 1.807) is 6.33 Å². The number of nitrogens with zero attached hydrogens (tertiary/aromatic N) is 4. The molecule has 0 aliphatic heterocycles. The average molecular weight is 394 g/mol. The minimum Gasteiger partial charge on any atom is -0.365 e. The fourth-order valence-electron chi connectivity index (χ4n) is 2.85. The van der Waals surface area contributed by atoms with Crippen LogP contribution in [0.15, 0.2) is 65.5 Å². The summed E-state index contributed by atoms with van der Waals surface area (Å²) in [4.78, 5) is 8.72. The van der Waals surface area contributed by atoms with E-state index in [1.807, 2.05) is 54.3 Å². The van der Waals surface area contributed by atoms with E-state index < -0.39 is 0 Å². The van der Waals surface area contributed by atoms with Crippen molar-refractivity contribution in [3.05, 3.63) is 71.1 Å². The van der Waals surface area contributed by atoms with Crippen LogP contribution in [-0.4, -0.2) is 19.7 Å². The summed E-state index contributed by atoms with van der Waals surface area (Å²) in [7, 11) is 1.94. The van der Waals surface area contributed by atoms with Crippen LogP contribution in [0.25, 0.3) is 22.2 Å². The van der Waals surface area contributed by atoms with Crippen molar-refractivity contribution in [1.29, 1.82) is 0 Å². The monoisotopic (exact) mass is 393 g/mol. The number of rotatable bonds is 4. The van der Waals surface area contributed by atoms with Gasteiger partial charge in [0, 0.05) is 40.8 Å². The highest BCUT2D eigenvalue weighted by molar-refractivity contribution is 9.10. The van der Waals surface area contributed by atoms with E-state index >= 15 is 0 Å². The van der Waals surface area contributed by atoms with E-state index in [-0.39, 0.29) is 0 Å². The van der Waals surface area contributed by atoms with Crippen LogP contribution < -0.4 is 5.32 Å². The zero-order valence-electron chi connectivity index (χ0n) is 13.6. The summed E-state index contributed by atoms with van der Waals surface area (Å²) >= 11 is 3.51. The lowest BCUT2D eigenvalue weighted by molar-refractivity contribution is 0.770. The van der Waals surface area contributed by atoms with E-state index in [0.717, 1.165) is 38.0 Å². The molecule has 0 saturated carbocycles. The van der Waals surface area contributed by atoms with Gasteiger partial charge in [0.05, 0.1) is 11.2 Å². The van der Waals surface area contributed by atoms with Crippen molar-refractivity contribution in [3.63, 3.8) is 0 Å². The number of fused-ring (bicyclic) bond motifs is 1. The Morgan fingerprint density at radius 3 is 2.76 bits per heavy atom. The van der Waals surface area contributed by atoms with Crippen LogP contribution in [-0.2, 0) is 13.6 Å². The van der Waals surface area contributed by atoms with Gasteiger partial charge in [0.15, 0.2) is 0 Å². The van der Waals surface area contributed by atoms with Crippen molar-refractivity contribution in [2.75, 3.05) is 5.32 Å². The number of anilines is 1. The van der Waals surface area contributed by atoms with Crippen molar-refractivity contribution < 1.29 is 0 Å². The Bertz CT molecular complexity index is 1030.